The van der Waals surface area contributed by atoms with Gasteiger partial charge in [0.25, 0.3) is 0 Å². The van der Waals surface area contributed by atoms with Crippen molar-refractivity contribution in [1.82, 2.24) is 9.88 Å². The summed E-state index contributed by atoms with van der Waals surface area (Å²) < 4.78 is 33.6. The van der Waals surface area contributed by atoms with Gasteiger partial charge in [-0.1, -0.05) is 48.0 Å². The first-order valence-electron chi connectivity index (χ1n) is 10.2. The predicted molar refractivity (Wildman–Crippen MR) is 116 cm³/mol. The minimum atomic E-state index is -3.57. The summed E-state index contributed by atoms with van der Waals surface area (Å²) in [5.41, 5.74) is 2.56. The topological polar surface area (TPSA) is 77.4 Å². The Morgan fingerprint density at radius 3 is 2.67 bits per heavy atom. The number of aryl methyl sites for hydroxylation is 1. The third kappa shape index (κ3) is 4.57. The van der Waals surface area contributed by atoms with Crippen molar-refractivity contribution >= 4 is 26.6 Å². The van der Waals surface area contributed by atoms with E-state index in [0.717, 1.165) is 36.1 Å². The molecule has 3 aromatic rings. The summed E-state index contributed by atoms with van der Waals surface area (Å²) in [6.45, 7) is 3.25. The van der Waals surface area contributed by atoms with Gasteiger partial charge in [0.05, 0.1) is 16.8 Å². The average molecular weight is 427 g/mol. The number of sulfone groups is 1. The molecule has 1 aliphatic rings. The Bertz CT molecular complexity index is 1140. The van der Waals surface area contributed by atoms with Crippen LogP contribution in [0.4, 0.5) is 0 Å². The molecule has 1 saturated heterocycles. The van der Waals surface area contributed by atoms with E-state index in [1.165, 1.54) is 0 Å². The van der Waals surface area contributed by atoms with Crippen LogP contribution in [-0.4, -0.2) is 38.1 Å². The molecule has 0 saturated carbocycles. The zero-order chi connectivity index (χ0) is 21.1. The number of carbonyl (C=O) groups is 1. The average Bonchev–Trinajstić information content (AvgIpc) is 3.37. The van der Waals surface area contributed by atoms with Gasteiger partial charge in [-0.05, 0) is 31.4 Å². The maximum absolute atomic E-state index is 13.2. The van der Waals surface area contributed by atoms with Gasteiger partial charge in [0.2, 0.25) is 5.91 Å². The number of nitrogens with one attached hydrogen (secondary N) is 1. The van der Waals surface area contributed by atoms with E-state index in [1.807, 2.05) is 49.4 Å². The number of amides is 1. The maximum Gasteiger partial charge on any atom is 0.240 e. The van der Waals surface area contributed by atoms with E-state index in [1.54, 1.807) is 16.8 Å². The number of aromatic nitrogens is 1. The van der Waals surface area contributed by atoms with E-state index in [9.17, 15) is 13.2 Å². The molecule has 1 fully saturated rings. The molecule has 7 heteroatoms. The summed E-state index contributed by atoms with van der Waals surface area (Å²) in [7, 11) is -3.57. The van der Waals surface area contributed by atoms with Gasteiger partial charge in [0, 0.05) is 30.3 Å². The second-order valence-corrected chi connectivity index (χ2v) is 9.78. The molecule has 0 radical (unpaired) electrons. The highest BCUT2D eigenvalue weighted by atomic mass is 32.2. The van der Waals surface area contributed by atoms with Gasteiger partial charge in [-0.2, -0.15) is 0 Å². The minimum absolute atomic E-state index is 0.0628. The normalized spacial score (nSPS) is 16.8. The summed E-state index contributed by atoms with van der Waals surface area (Å²) in [4.78, 5) is 12.7. The van der Waals surface area contributed by atoms with Gasteiger partial charge < -0.3 is 14.6 Å². The van der Waals surface area contributed by atoms with Crippen molar-refractivity contribution in [2.24, 2.45) is 0 Å². The van der Waals surface area contributed by atoms with Gasteiger partial charge in [-0.25, -0.2) is 8.42 Å². The fourth-order valence-electron chi connectivity index (χ4n) is 3.82. The Hall–Kier alpha value is -2.64. The van der Waals surface area contributed by atoms with Gasteiger partial charge >= 0.3 is 0 Å². The standard InChI is InChI=1S/C23H26N2O4S/c1-17-8-10-18(11-9-17)16-30(27,28)22-14-25(21-7-3-2-6-20(21)22)15-23(26)24-13-19-5-4-12-29-19/h2-3,6-11,14,19H,4-5,12-13,15-16H2,1H3,(H,24,26). The highest BCUT2D eigenvalue weighted by molar-refractivity contribution is 7.90. The first-order valence-corrected chi connectivity index (χ1v) is 11.8. The molecule has 2 aromatic carbocycles. The van der Waals surface area contributed by atoms with Crippen LogP contribution in [0.25, 0.3) is 10.9 Å². The molecule has 1 unspecified atom stereocenters. The fraction of sp³-hybridized carbons (Fsp3) is 0.348. The van der Waals surface area contributed by atoms with Crippen LogP contribution in [0.5, 0.6) is 0 Å². The highest BCUT2D eigenvalue weighted by Gasteiger charge is 2.23. The molecule has 0 bridgehead atoms. The van der Waals surface area contributed by atoms with Crippen molar-refractivity contribution in [1.29, 1.82) is 0 Å². The van der Waals surface area contributed by atoms with Crippen LogP contribution in [0.3, 0.4) is 0 Å². The van der Waals surface area contributed by atoms with Crippen molar-refractivity contribution in [3.8, 4) is 0 Å². The number of hydrogen-bond donors (Lipinski definition) is 1. The smallest absolute Gasteiger partial charge is 0.240 e. The lowest BCUT2D eigenvalue weighted by atomic mass is 10.2. The largest absolute Gasteiger partial charge is 0.376 e. The minimum Gasteiger partial charge on any atom is -0.376 e. The lowest BCUT2D eigenvalue weighted by Crippen LogP contribution is -2.34. The van der Waals surface area contributed by atoms with E-state index in [0.29, 0.717) is 11.9 Å². The van der Waals surface area contributed by atoms with Crippen LogP contribution in [0.1, 0.15) is 24.0 Å². The second kappa shape index (κ2) is 8.62. The molecule has 0 aliphatic carbocycles. The van der Waals surface area contributed by atoms with Crippen LogP contribution in [-0.2, 0) is 31.7 Å². The third-order valence-electron chi connectivity index (χ3n) is 5.43. The number of ether oxygens (including phenoxy) is 1. The van der Waals surface area contributed by atoms with Gasteiger partial charge in [0.1, 0.15) is 6.54 Å². The number of fused-ring (bicyclic) bond motifs is 1. The van der Waals surface area contributed by atoms with Gasteiger partial charge in [0.15, 0.2) is 9.84 Å². The van der Waals surface area contributed by atoms with Gasteiger partial charge in [-0.3, -0.25) is 4.79 Å². The summed E-state index contributed by atoms with van der Waals surface area (Å²) >= 11 is 0. The van der Waals surface area contributed by atoms with Crippen LogP contribution in [0.15, 0.2) is 59.6 Å². The Morgan fingerprint density at radius 2 is 1.93 bits per heavy atom. The molecule has 1 aliphatic heterocycles. The molecule has 4 rings (SSSR count). The number of para-hydroxylation sites is 1. The summed E-state index contributed by atoms with van der Waals surface area (Å²) in [6.07, 6.45) is 3.62. The first kappa shape index (κ1) is 20.6. The van der Waals surface area contributed by atoms with E-state index < -0.39 is 9.84 Å². The molecular weight excluding hydrogens is 400 g/mol. The van der Waals surface area contributed by atoms with Crippen LogP contribution < -0.4 is 5.32 Å². The lowest BCUT2D eigenvalue weighted by molar-refractivity contribution is -0.122. The predicted octanol–water partition coefficient (Wildman–Crippen LogP) is 3.22. The number of hydrogen-bond acceptors (Lipinski definition) is 4. The molecule has 1 N–H and O–H groups in total. The molecular formula is C23H26N2O4S. The summed E-state index contributed by atoms with van der Waals surface area (Å²) in [6, 6.07) is 14.8. The van der Waals surface area contributed by atoms with E-state index in [-0.39, 0.29) is 29.2 Å². The Balaban J connectivity index is 1.56. The van der Waals surface area contributed by atoms with Crippen LogP contribution in [0.2, 0.25) is 0 Å². The fourth-order valence-corrected chi connectivity index (χ4v) is 5.40. The SMILES string of the molecule is Cc1ccc(CS(=O)(=O)c2cn(CC(=O)NCC3CCCO3)c3ccccc23)cc1. The van der Waals surface area contributed by atoms with Crippen molar-refractivity contribution in [3.05, 3.63) is 65.9 Å². The number of carbonyl (C=O) groups excluding carboxylic acids is 1. The molecule has 0 spiro atoms. The number of rotatable bonds is 7. The molecule has 30 heavy (non-hydrogen) atoms. The number of benzene rings is 2. The van der Waals surface area contributed by atoms with Crippen LogP contribution in [0, 0.1) is 6.92 Å². The molecule has 1 aromatic heterocycles. The van der Waals surface area contributed by atoms with Crippen molar-refractivity contribution in [3.63, 3.8) is 0 Å². The summed E-state index contributed by atoms with van der Waals surface area (Å²) in [5.74, 6) is -0.235. The molecule has 1 atom stereocenters. The zero-order valence-corrected chi connectivity index (χ0v) is 17.8. The molecule has 158 valence electrons. The van der Waals surface area contributed by atoms with Crippen LogP contribution >= 0.6 is 0 Å². The monoisotopic (exact) mass is 426 g/mol. The third-order valence-corrected chi connectivity index (χ3v) is 7.14. The second-order valence-electron chi connectivity index (χ2n) is 7.82. The zero-order valence-electron chi connectivity index (χ0n) is 17.0. The Morgan fingerprint density at radius 1 is 1.17 bits per heavy atom. The molecule has 1 amide bonds. The lowest BCUT2D eigenvalue weighted by Gasteiger charge is -2.11. The quantitative estimate of drug-likeness (QED) is 0.629. The molecule has 2 heterocycles. The van der Waals surface area contributed by atoms with Gasteiger partial charge in [-0.15, -0.1) is 0 Å². The van der Waals surface area contributed by atoms with E-state index in [4.69, 9.17) is 4.74 Å². The summed E-state index contributed by atoms with van der Waals surface area (Å²) in [5, 5.41) is 3.53. The molecule has 6 nitrogen and oxygen atoms in total. The van der Waals surface area contributed by atoms with Crippen molar-refractivity contribution in [2.75, 3.05) is 13.2 Å². The number of nitrogens with zero attached hydrogens (tertiary/aromatic N) is 1. The van der Waals surface area contributed by atoms with Crippen molar-refractivity contribution in [2.45, 2.75) is 43.1 Å². The van der Waals surface area contributed by atoms with Crippen molar-refractivity contribution < 1.29 is 17.9 Å². The first-order chi connectivity index (χ1) is 14.4. The van der Waals surface area contributed by atoms with E-state index >= 15 is 0 Å². The Kier molecular flexibility index (Phi) is 5.92. The van der Waals surface area contributed by atoms with E-state index in [2.05, 4.69) is 5.32 Å². The Labute approximate surface area is 176 Å². The highest BCUT2D eigenvalue weighted by Crippen LogP contribution is 2.28. The maximum atomic E-state index is 13.2.